The fraction of sp³-hybridized carbons (Fsp3) is 0.733. The van der Waals surface area contributed by atoms with Crippen LogP contribution in [0, 0.1) is 6.92 Å². The maximum absolute atomic E-state index is 9.41. The summed E-state index contributed by atoms with van der Waals surface area (Å²) >= 11 is 0. The Morgan fingerprint density at radius 1 is 1.20 bits per heavy atom. The Hall–Kier alpha value is -1.36. The molecule has 0 amide bonds. The second kappa shape index (κ2) is 6.88. The van der Waals surface area contributed by atoms with Crippen molar-refractivity contribution in [1.82, 2.24) is 9.97 Å². The van der Waals surface area contributed by atoms with Crippen LogP contribution in [0.2, 0.25) is 0 Å². The van der Waals surface area contributed by atoms with Gasteiger partial charge in [0.25, 0.3) is 0 Å². The summed E-state index contributed by atoms with van der Waals surface area (Å²) < 4.78 is 0. The smallest absolute Gasteiger partial charge is 0.135 e. The van der Waals surface area contributed by atoms with E-state index in [4.69, 9.17) is 0 Å². The van der Waals surface area contributed by atoms with Crippen LogP contribution >= 0.6 is 0 Å². The molecular formula is C15H28N4O. The highest BCUT2D eigenvalue weighted by Crippen LogP contribution is 2.25. The number of nitrogens with zero attached hydrogens (tertiary/aromatic N) is 2. The minimum atomic E-state index is -0.407. The van der Waals surface area contributed by atoms with Crippen molar-refractivity contribution in [2.24, 2.45) is 0 Å². The average Bonchev–Trinajstić information content (AvgIpc) is 2.39. The Kier molecular flexibility index (Phi) is 5.74. The third kappa shape index (κ3) is 4.34. The van der Waals surface area contributed by atoms with E-state index in [0.29, 0.717) is 0 Å². The number of hydrogen-bond donors (Lipinski definition) is 3. The Balaban J connectivity index is 3.17. The van der Waals surface area contributed by atoms with Crippen LogP contribution in [0.25, 0.3) is 0 Å². The Labute approximate surface area is 122 Å². The zero-order chi connectivity index (χ0) is 15.3. The molecule has 0 aliphatic rings. The van der Waals surface area contributed by atoms with Gasteiger partial charge in [-0.3, -0.25) is 0 Å². The molecule has 0 aliphatic heterocycles. The van der Waals surface area contributed by atoms with Gasteiger partial charge in [0, 0.05) is 18.0 Å². The molecule has 114 valence electrons. The first-order valence-corrected chi connectivity index (χ1v) is 7.32. The fourth-order valence-electron chi connectivity index (χ4n) is 1.69. The molecule has 1 rings (SSSR count). The Bertz CT molecular complexity index is 444. The van der Waals surface area contributed by atoms with Gasteiger partial charge in [0.2, 0.25) is 0 Å². The van der Waals surface area contributed by atoms with E-state index in [9.17, 15) is 5.11 Å². The maximum atomic E-state index is 9.41. The predicted molar refractivity (Wildman–Crippen MR) is 84.4 cm³/mol. The molecule has 0 radical (unpaired) electrons. The first kappa shape index (κ1) is 16.7. The normalized spacial score (nSPS) is 11.8. The van der Waals surface area contributed by atoms with Gasteiger partial charge in [0.15, 0.2) is 0 Å². The molecule has 1 aromatic heterocycles. The quantitative estimate of drug-likeness (QED) is 0.716. The van der Waals surface area contributed by atoms with Crippen molar-refractivity contribution in [3.8, 4) is 0 Å². The number of rotatable bonds is 7. The molecule has 0 unspecified atom stereocenters. The van der Waals surface area contributed by atoms with E-state index in [1.807, 2.05) is 20.8 Å². The molecular weight excluding hydrogens is 252 g/mol. The number of aromatic nitrogens is 2. The molecule has 0 spiro atoms. The molecule has 0 saturated carbocycles. The molecule has 1 aromatic rings. The highest BCUT2D eigenvalue weighted by Gasteiger charge is 2.20. The minimum absolute atomic E-state index is 0.0468. The van der Waals surface area contributed by atoms with Crippen molar-refractivity contribution in [2.45, 2.75) is 59.4 Å². The van der Waals surface area contributed by atoms with Gasteiger partial charge in [0.05, 0.1) is 12.1 Å². The van der Waals surface area contributed by atoms with Crippen molar-refractivity contribution in [1.29, 1.82) is 0 Å². The number of aliphatic hydroxyl groups is 1. The SMILES string of the molecule is CCCNc1nc(C(C)C)nc(NC(C)(C)CO)c1C. The summed E-state index contributed by atoms with van der Waals surface area (Å²) in [7, 11) is 0. The zero-order valence-electron chi connectivity index (χ0n) is 13.5. The first-order chi connectivity index (χ1) is 9.30. The van der Waals surface area contributed by atoms with Gasteiger partial charge in [-0.25, -0.2) is 9.97 Å². The lowest BCUT2D eigenvalue weighted by Crippen LogP contribution is -2.36. The summed E-state index contributed by atoms with van der Waals surface area (Å²) in [5.41, 5.74) is 0.583. The average molecular weight is 280 g/mol. The molecule has 0 atom stereocenters. The molecule has 0 saturated heterocycles. The van der Waals surface area contributed by atoms with Gasteiger partial charge in [-0.05, 0) is 27.2 Å². The molecule has 5 heteroatoms. The molecule has 3 N–H and O–H groups in total. The lowest BCUT2D eigenvalue weighted by Gasteiger charge is -2.26. The standard InChI is InChI=1S/C15H28N4O/c1-7-8-16-13-11(4)14(19-15(5,6)9-20)18-12(17-13)10(2)3/h10,20H,7-9H2,1-6H3,(H2,16,17,18,19). The van der Waals surface area contributed by atoms with E-state index in [2.05, 4.69) is 41.4 Å². The van der Waals surface area contributed by atoms with Gasteiger partial charge in [-0.2, -0.15) is 0 Å². The molecule has 0 fully saturated rings. The summed E-state index contributed by atoms with van der Waals surface area (Å²) in [6.45, 7) is 13.1. The minimum Gasteiger partial charge on any atom is -0.394 e. The van der Waals surface area contributed by atoms with E-state index in [1.165, 1.54) is 0 Å². The lowest BCUT2D eigenvalue weighted by molar-refractivity contribution is 0.233. The summed E-state index contributed by atoms with van der Waals surface area (Å²) in [6.07, 6.45) is 1.05. The third-order valence-corrected chi connectivity index (χ3v) is 3.07. The number of nitrogens with one attached hydrogen (secondary N) is 2. The first-order valence-electron chi connectivity index (χ1n) is 7.32. The van der Waals surface area contributed by atoms with Crippen LogP contribution in [0.3, 0.4) is 0 Å². The van der Waals surface area contributed by atoms with Gasteiger partial charge in [-0.1, -0.05) is 20.8 Å². The molecule has 20 heavy (non-hydrogen) atoms. The van der Waals surface area contributed by atoms with Crippen molar-refractivity contribution in [2.75, 3.05) is 23.8 Å². The Morgan fingerprint density at radius 3 is 2.30 bits per heavy atom. The molecule has 0 aliphatic carbocycles. The fourth-order valence-corrected chi connectivity index (χ4v) is 1.69. The van der Waals surface area contributed by atoms with Crippen LogP contribution in [0.5, 0.6) is 0 Å². The van der Waals surface area contributed by atoms with E-state index in [1.54, 1.807) is 0 Å². The van der Waals surface area contributed by atoms with E-state index >= 15 is 0 Å². The van der Waals surface area contributed by atoms with Crippen molar-refractivity contribution in [3.05, 3.63) is 11.4 Å². The van der Waals surface area contributed by atoms with Crippen LogP contribution in [0.15, 0.2) is 0 Å². The highest BCUT2D eigenvalue weighted by atomic mass is 16.3. The van der Waals surface area contributed by atoms with Gasteiger partial charge < -0.3 is 15.7 Å². The van der Waals surface area contributed by atoms with Crippen LogP contribution in [-0.4, -0.2) is 33.8 Å². The van der Waals surface area contributed by atoms with Crippen LogP contribution in [0.1, 0.15) is 58.3 Å². The molecule has 0 aromatic carbocycles. The van der Waals surface area contributed by atoms with Crippen LogP contribution in [0.4, 0.5) is 11.6 Å². The lowest BCUT2D eigenvalue weighted by atomic mass is 10.1. The van der Waals surface area contributed by atoms with Gasteiger partial charge in [0.1, 0.15) is 17.5 Å². The van der Waals surface area contributed by atoms with Crippen molar-refractivity contribution in [3.63, 3.8) is 0 Å². The summed E-state index contributed by atoms with van der Waals surface area (Å²) in [5, 5.41) is 16.1. The maximum Gasteiger partial charge on any atom is 0.135 e. The van der Waals surface area contributed by atoms with E-state index in [0.717, 1.165) is 36.0 Å². The monoisotopic (exact) mass is 280 g/mol. The second-order valence-electron chi connectivity index (χ2n) is 6.15. The molecule has 5 nitrogen and oxygen atoms in total. The summed E-state index contributed by atoms with van der Waals surface area (Å²) in [6, 6.07) is 0. The van der Waals surface area contributed by atoms with E-state index in [-0.39, 0.29) is 12.5 Å². The third-order valence-electron chi connectivity index (χ3n) is 3.07. The van der Waals surface area contributed by atoms with E-state index < -0.39 is 5.54 Å². The van der Waals surface area contributed by atoms with Gasteiger partial charge >= 0.3 is 0 Å². The summed E-state index contributed by atoms with van der Waals surface area (Å²) in [5.74, 6) is 2.74. The predicted octanol–water partition coefficient (Wildman–Crippen LogP) is 2.91. The summed E-state index contributed by atoms with van der Waals surface area (Å²) in [4.78, 5) is 9.20. The number of hydrogen-bond acceptors (Lipinski definition) is 5. The van der Waals surface area contributed by atoms with Crippen molar-refractivity contribution < 1.29 is 5.11 Å². The largest absolute Gasteiger partial charge is 0.394 e. The number of anilines is 2. The Morgan fingerprint density at radius 2 is 1.80 bits per heavy atom. The van der Waals surface area contributed by atoms with Gasteiger partial charge in [-0.15, -0.1) is 0 Å². The topological polar surface area (TPSA) is 70.1 Å². The number of aliphatic hydroxyl groups excluding tert-OH is 1. The zero-order valence-corrected chi connectivity index (χ0v) is 13.5. The second-order valence-corrected chi connectivity index (χ2v) is 6.15. The molecule has 1 heterocycles. The van der Waals surface area contributed by atoms with Crippen LogP contribution in [-0.2, 0) is 0 Å². The highest BCUT2D eigenvalue weighted by molar-refractivity contribution is 5.58. The van der Waals surface area contributed by atoms with Crippen LogP contribution < -0.4 is 10.6 Å². The molecule has 0 bridgehead atoms. The van der Waals surface area contributed by atoms with Crippen molar-refractivity contribution >= 4 is 11.6 Å².